The second-order valence-electron chi connectivity index (χ2n) is 4.97. The van der Waals surface area contributed by atoms with Gasteiger partial charge >= 0.3 is 0 Å². The SMILES string of the molecule is FC1(F)CCCN(CCCc2ccc(Br)cc2)C1. The molecule has 0 saturated carbocycles. The average molecular weight is 318 g/mol. The van der Waals surface area contributed by atoms with Gasteiger partial charge in [0.25, 0.3) is 5.92 Å². The van der Waals surface area contributed by atoms with Crippen molar-refractivity contribution >= 4 is 15.9 Å². The molecule has 2 rings (SSSR count). The van der Waals surface area contributed by atoms with Crippen molar-refractivity contribution in [3.05, 3.63) is 34.3 Å². The van der Waals surface area contributed by atoms with Crippen LogP contribution in [0.3, 0.4) is 0 Å². The van der Waals surface area contributed by atoms with Gasteiger partial charge in [0.1, 0.15) is 0 Å². The Morgan fingerprint density at radius 2 is 1.94 bits per heavy atom. The zero-order valence-electron chi connectivity index (χ0n) is 10.3. The first-order chi connectivity index (χ1) is 8.55. The zero-order chi connectivity index (χ0) is 13.0. The average Bonchev–Trinajstić information content (AvgIpc) is 2.30. The number of aryl methyl sites for hydroxylation is 1. The van der Waals surface area contributed by atoms with E-state index < -0.39 is 5.92 Å². The van der Waals surface area contributed by atoms with Crippen LogP contribution >= 0.6 is 15.9 Å². The van der Waals surface area contributed by atoms with Crippen LogP contribution in [-0.2, 0) is 6.42 Å². The van der Waals surface area contributed by atoms with Crippen LogP contribution in [0.5, 0.6) is 0 Å². The number of alkyl halides is 2. The van der Waals surface area contributed by atoms with E-state index in [-0.39, 0.29) is 13.0 Å². The van der Waals surface area contributed by atoms with Gasteiger partial charge in [0.05, 0.1) is 6.54 Å². The number of rotatable bonds is 4. The van der Waals surface area contributed by atoms with E-state index in [1.807, 2.05) is 17.0 Å². The molecule has 0 aromatic heterocycles. The summed E-state index contributed by atoms with van der Waals surface area (Å²) in [5, 5.41) is 0. The Hall–Kier alpha value is -0.480. The van der Waals surface area contributed by atoms with Crippen molar-refractivity contribution < 1.29 is 8.78 Å². The molecule has 1 saturated heterocycles. The van der Waals surface area contributed by atoms with Gasteiger partial charge in [0.2, 0.25) is 0 Å². The van der Waals surface area contributed by atoms with Gasteiger partial charge in [-0.2, -0.15) is 0 Å². The molecule has 0 aliphatic carbocycles. The monoisotopic (exact) mass is 317 g/mol. The maximum absolute atomic E-state index is 13.2. The Kier molecular flexibility index (Phi) is 4.73. The molecule has 0 unspecified atom stereocenters. The summed E-state index contributed by atoms with van der Waals surface area (Å²) in [6.07, 6.45) is 2.56. The predicted octanol–water partition coefficient (Wildman–Crippen LogP) is 4.11. The lowest BCUT2D eigenvalue weighted by Gasteiger charge is -2.32. The fourth-order valence-corrected chi connectivity index (χ4v) is 2.66. The molecule has 0 atom stereocenters. The molecule has 0 bridgehead atoms. The molecule has 18 heavy (non-hydrogen) atoms. The third-order valence-corrected chi connectivity index (χ3v) is 3.85. The Bertz CT molecular complexity index is 378. The number of piperidine rings is 1. The minimum Gasteiger partial charge on any atom is -0.297 e. The van der Waals surface area contributed by atoms with Crippen LogP contribution in [-0.4, -0.2) is 30.5 Å². The highest BCUT2D eigenvalue weighted by molar-refractivity contribution is 9.10. The molecule has 1 heterocycles. The van der Waals surface area contributed by atoms with Gasteiger partial charge in [-0.15, -0.1) is 0 Å². The summed E-state index contributed by atoms with van der Waals surface area (Å²) in [6.45, 7) is 1.52. The van der Waals surface area contributed by atoms with E-state index in [1.165, 1.54) is 5.56 Å². The topological polar surface area (TPSA) is 3.24 Å². The summed E-state index contributed by atoms with van der Waals surface area (Å²) in [5.74, 6) is -2.48. The van der Waals surface area contributed by atoms with Crippen molar-refractivity contribution in [3.8, 4) is 0 Å². The van der Waals surface area contributed by atoms with Crippen molar-refractivity contribution in [1.82, 2.24) is 4.90 Å². The normalized spacial score (nSPS) is 19.9. The minimum atomic E-state index is -2.48. The van der Waals surface area contributed by atoms with Gasteiger partial charge in [-0.25, -0.2) is 8.78 Å². The molecule has 1 aliphatic heterocycles. The molecule has 4 heteroatoms. The molecule has 1 nitrogen and oxygen atoms in total. The molecular weight excluding hydrogens is 300 g/mol. The molecule has 0 spiro atoms. The number of hydrogen-bond acceptors (Lipinski definition) is 1. The summed E-state index contributed by atoms with van der Waals surface area (Å²) in [7, 11) is 0. The van der Waals surface area contributed by atoms with Crippen LogP contribution in [0, 0.1) is 0 Å². The molecule has 0 radical (unpaired) electrons. The predicted molar refractivity (Wildman–Crippen MR) is 73.1 cm³/mol. The van der Waals surface area contributed by atoms with Gasteiger partial charge < -0.3 is 0 Å². The van der Waals surface area contributed by atoms with Gasteiger partial charge in [-0.05, 0) is 50.0 Å². The second-order valence-corrected chi connectivity index (χ2v) is 5.88. The van der Waals surface area contributed by atoms with Crippen LogP contribution < -0.4 is 0 Å². The first kappa shape index (κ1) is 13.9. The van der Waals surface area contributed by atoms with E-state index in [1.54, 1.807) is 0 Å². The van der Waals surface area contributed by atoms with Crippen molar-refractivity contribution in [2.45, 2.75) is 31.6 Å². The lowest BCUT2D eigenvalue weighted by atomic mass is 10.1. The van der Waals surface area contributed by atoms with Crippen LogP contribution in [0.2, 0.25) is 0 Å². The number of halogens is 3. The molecule has 1 fully saturated rings. The fourth-order valence-electron chi connectivity index (χ4n) is 2.40. The van der Waals surface area contributed by atoms with Crippen LogP contribution in [0.25, 0.3) is 0 Å². The number of likely N-dealkylation sites (tertiary alicyclic amines) is 1. The van der Waals surface area contributed by atoms with Crippen molar-refractivity contribution in [2.24, 2.45) is 0 Å². The minimum absolute atomic E-state index is 0.0518. The van der Waals surface area contributed by atoms with E-state index in [2.05, 4.69) is 28.1 Å². The highest BCUT2D eigenvalue weighted by atomic mass is 79.9. The lowest BCUT2D eigenvalue weighted by Crippen LogP contribution is -2.42. The Morgan fingerprint density at radius 1 is 1.22 bits per heavy atom. The molecule has 1 aromatic carbocycles. The Labute approximate surface area is 115 Å². The maximum Gasteiger partial charge on any atom is 0.260 e. The maximum atomic E-state index is 13.2. The summed E-state index contributed by atoms with van der Waals surface area (Å²) in [6, 6.07) is 8.19. The standard InChI is InChI=1S/C14H18BrF2N/c15-13-6-4-12(5-7-13)3-1-9-18-10-2-8-14(16,17)11-18/h4-7H,1-3,8-11H2. The van der Waals surface area contributed by atoms with Crippen molar-refractivity contribution in [1.29, 1.82) is 0 Å². The van der Waals surface area contributed by atoms with Crippen LogP contribution in [0.15, 0.2) is 28.7 Å². The summed E-state index contributed by atoms with van der Waals surface area (Å²) >= 11 is 3.40. The van der Waals surface area contributed by atoms with E-state index in [0.717, 1.165) is 30.4 Å². The number of hydrogen-bond donors (Lipinski definition) is 0. The molecule has 0 N–H and O–H groups in total. The second kappa shape index (κ2) is 6.11. The zero-order valence-corrected chi connectivity index (χ0v) is 11.9. The van der Waals surface area contributed by atoms with Gasteiger partial charge in [-0.1, -0.05) is 28.1 Å². The molecule has 1 aromatic rings. The first-order valence-corrected chi connectivity index (χ1v) is 7.19. The fraction of sp³-hybridized carbons (Fsp3) is 0.571. The number of nitrogens with zero attached hydrogens (tertiary/aromatic N) is 1. The van der Waals surface area contributed by atoms with Gasteiger partial charge in [0.15, 0.2) is 0 Å². The van der Waals surface area contributed by atoms with E-state index in [9.17, 15) is 8.78 Å². The highest BCUT2D eigenvalue weighted by Gasteiger charge is 2.34. The van der Waals surface area contributed by atoms with Crippen LogP contribution in [0.4, 0.5) is 8.78 Å². The molecular formula is C14H18BrF2N. The smallest absolute Gasteiger partial charge is 0.260 e. The van der Waals surface area contributed by atoms with E-state index >= 15 is 0 Å². The third-order valence-electron chi connectivity index (χ3n) is 3.32. The van der Waals surface area contributed by atoms with Crippen LogP contribution in [0.1, 0.15) is 24.8 Å². The molecule has 0 amide bonds. The van der Waals surface area contributed by atoms with Gasteiger partial charge in [0, 0.05) is 10.9 Å². The van der Waals surface area contributed by atoms with Crippen molar-refractivity contribution in [2.75, 3.05) is 19.6 Å². The van der Waals surface area contributed by atoms with E-state index in [0.29, 0.717) is 6.42 Å². The Morgan fingerprint density at radius 3 is 2.61 bits per heavy atom. The third kappa shape index (κ3) is 4.32. The van der Waals surface area contributed by atoms with Crippen molar-refractivity contribution in [3.63, 3.8) is 0 Å². The largest absolute Gasteiger partial charge is 0.297 e. The van der Waals surface area contributed by atoms with Gasteiger partial charge in [-0.3, -0.25) is 4.90 Å². The van der Waals surface area contributed by atoms with E-state index in [4.69, 9.17) is 0 Å². The first-order valence-electron chi connectivity index (χ1n) is 6.40. The molecule has 100 valence electrons. The lowest BCUT2D eigenvalue weighted by molar-refractivity contribution is -0.0639. The highest BCUT2D eigenvalue weighted by Crippen LogP contribution is 2.26. The number of benzene rings is 1. The quantitative estimate of drug-likeness (QED) is 0.807. The Balaban J connectivity index is 1.73. The summed E-state index contributed by atoms with van der Waals surface area (Å²) < 4.78 is 27.5. The summed E-state index contributed by atoms with van der Waals surface area (Å²) in [4.78, 5) is 1.89. The summed E-state index contributed by atoms with van der Waals surface area (Å²) in [5.41, 5.74) is 1.27. The molecule has 1 aliphatic rings.